The van der Waals surface area contributed by atoms with E-state index in [4.69, 9.17) is 37.4 Å². The number of amides is 7. The molecule has 6 heterocycles. The first kappa shape index (κ1) is 66.9. The summed E-state index contributed by atoms with van der Waals surface area (Å²) in [6, 6.07) is 10.3. The van der Waals surface area contributed by atoms with Crippen LogP contribution in [-0.4, -0.2) is 153 Å². The Morgan fingerprint density at radius 2 is 1.11 bits per heavy atom. The summed E-state index contributed by atoms with van der Waals surface area (Å²) >= 11 is 13.9. The van der Waals surface area contributed by atoms with Gasteiger partial charge < -0.3 is 102 Å². The molecule has 7 aromatic rings. The molecule has 7 aromatic carbocycles. The van der Waals surface area contributed by atoms with Crippen molar-refractivity contribution >= 4 is 64.6 Å². The maximum atomic E-state index is 16.0. The van der Waals surface area contributed by atoms with Gasteiger partial charge in [0.2, 0.25) is 47.1 Å². The monoisotopic (exact) mass is 1350 g/mol. The lowest BCUT2D eigenvalue weighted by atomic mass is 9.89. The predicted octanol–water partition coefficient (Wildman–Crippen LogP) is 5.16. The number of likely N-dealkylation sites (N-methyl/N-ethyl adjacent to an activating group) is 1. The first-order valence-electron chi connectivity index (χ1n) is 30.1. The second-order valence-electron chi connectivity index (χ2n) is 23.9. The summed E-state index contributed by atoms with van der Waals surface area (Å²) in [5, 5.41) is 103. The molecule has 6 aliphatic rings. The van der Waals surface area contributed by atoms with Crippen LogP contribution in [0.15, 0.2) is 115 Å². The molecule has 0 saturated carbocycles. The van der Waals surface area contributed by atoms with E-state index in [-0.39, 0.29) is 97.1 Å². The average Bonchev–Trinajstić information content (AvgIpc) is 0.787. The Labute approximate surface area is 557 Å². The summed E-state index contributed by atoms with van der Waals surface area (Å²) in [7, 11) is 7.28. The summed E-state index contributed by atoms with van der Waals surface area (Å²) < 4.78 is 18.8. The first-order valence-corrected chi connectivity index (χ1v) is 30.9. The molecule has 8 atom stereocenters. The van der Waals surface area contributed by atoms with Crippen LogP contribution in [0.5, 0.6) is 69.0 Å². The topological polar surface area (TPSA) is 392 Å². The second kappa shape index (κ2) is 27.8. The van der Waals surface area contributed by atoms with Gasteiger partial charge in [0.25, 0.3) is 0 Å². The molecule has 13 rings (SSSR count). The van der Waals surface area contributed by atoms with Gasteiger partial charge in [0.05, 0.1) is 10.0 Å². The van der Waals surface area contributed by atoms with Gasteiger partial charge in [-0.25, -0.2) is 0 Å². The molecule has 6 aliphatic heterocycles. The van der Waals surface area contributed by atoms with Gasteiger partial charge in [0, 0.05) is 49.3 Å². The number of ether oxygens (including phenoxy) is 3. The molecule has 0 saturated heterocycles. The summed E-state index contributed by atoms with van der Waals surface area (Å²) in [6.45, 7) is 1.27. The predicted molar refractivity (Wildman–Crippen MR) is 346 cm³/mol. The molecule has 0 fully saturated rings. The Hall–Kier alpha value is -10.6. The molecule has 0 aliphatic carbocycles. The number of carbonyl (C=O) groups excluding carboxylic acids is 7. The minimum atomic E-state index is -2.15. The maximum Gasteiger partial charge on any atom is 0.248 e. The second-order valence-corrected chi connectivity index (χ2v) is 24.7. The standard InChI is InChI=1S/C67H66Cl2N10O17/c1-78(2)16-5-14-71-62(88)57-40-28-37(81)29-46(84)52(40)39-22-31(7-10-44(39)82)54-64(90)77-58(67(93)76-57)59(85)33-9-13-48(42(69)23-33)96-51-26-35-25-50(60(51)86)95-47-12-6-30(18-41(47)68)19-43-61(87)73-55(65(91)75-56(35)66(92)74-54)34-20-36(80)27-38(21-34)94-49-24-32(8-11-45(49)83)53(63(89)72-43)70-15-17-79(3)4/h6-13,18,20-29,43,53-59,70,80-86H,5,14-17,19H2,1-4H3,(H,71,88)(H,72,89)(H,73,87)(H,74,92)(H,75,91)(H,76,93)(H,77,90)/t43-,53+,54-,55+,56-,57+,58+,59-/m1/s1. The lowest BCUT2D eigenvalue weighted by Crippen LogP contribution is -2.56. The summed E-state index contributed by atoms with van der Waals surface area (Å²) in [6.07, 6.45) is -1.97. The van der Waals surface area contributed by atoms with Crippen LogP contribution < -0.4 is 56.7 Å². The molecular weight excluding hydrogens is 1290 g/mol. The third-order valence-electron chi connectivity index (χ3n) is 16.4. The number of aliphatic hydroxyl groups is 1. The van der Waals surface area contributed by atoms with Gasteiger partial charge in [-0.05, 0) is 159 Å². The molecule has 7 amide bonds. The highest BCUT2D eigenvalue weighted by atomic mass is 35.5. The zero-order valence-corrected chi connectivity index (χ0v) is 53.2. The molecule has 0 spiro atoms. The number of hydrogen-bond acceptors (Lipinski definition) is 20. The van der Waals surface area contributed by atoms with Crippen LogP contribution in [0, 0.1) is 0 Å². The number of halogens is 2. The largest absolute Gasteiger partial charge is 0.508 e. The number of nitrogens with zero attached hydrogens (tertiary/aromatic N) is 2. The fourth-order valence-corrected chi connectivity index (χ4v) is 12.0. The Balaban J connectivity index is 1.11. The van der Waals surface area contributed by atoms with Crippen molar-refractivity contribution < 1.29 is 83.5 Å². The number of fused-ring (bicyclic) bond motifs is 14. The molecule has 0 unspecified atom stereocenters. The molecule has 17 bridgehead atoms. The quantitative estimate of drug-likeness (QED) is 0.0830. The maximum absolute atomic E-state index is 16.0. The van der Waals surface area contributed by atoms with E-state index in [1.807, 2.05) is 38.0 Å². The van der Waals surface area contributed by atoms with Gasteiger partial charge in [-0.1, -0.05) is 47.5 Å². The minimum Gasteiger partial charge on any atom is -0.508 e. The van der Waals surface area contributed by atoms with Crippen molar-refractivity contribution in [3.63, 3.8) is 0 Å². The number of aliphatic hydroxyl groups excluding tert-OH is 1. The van der Waals surface area contributed by atoms with Crippen molar-refractivity contribution in [2.75, 3.05) is 54.4 Å². The molecule has 27 nitrogen and oxygen atoms in total. The number of aromatic hydroxyl groups is 6. The lowest BCUT2D eigenvalue weighted by Gasteiger charge is -2.31. The number of phenols is 6. The van der Waals surface area contributed by atoms with Gasteiger partial charge in [0.1, 0.15) is 88.6 Å². The normalized spacial score (nSPS) is 21.0. The van der Waals surface area contributed by atoms with Crippen LogP contribution in [-0.2, 0) is 40.0 Å². The third-order valence-corrected chi connectivity index (χ3v) is 17.0. The van der Waals surface area contributed by atoms with Gasteiger partial charge in [0.15, 0.2) is 23.0 Å². The van der Waals surface area contributed by atoms with Crippen molar-refractivity contribution in [1.29, 1.82) is 0 Å². The van der Waals surface area contributed by atoms with Crippen molar-refractivity contribution in [3.8, 4) is 80.1 Å². The zero-order chi connectivity index (χ0) is 68.5. The molecule has 500 valence electrons. The van der Waals surface area contributed by atoms with E-state index in [1.54, 1.807) is 0 Å². The van der Waals surface area contributed by atoms with E-state index in [1.165, 1.54) is 66.7 Å². The Kier molecular flexibility index (Phi) is 19.4. The van der Waals surface area contributed by atoms with E-state index in [0.29, 0.717) is 25.1 Å². The van der Waals surface area contributed by atoms with E-state index in [2.05, 4.69) is 42.5 Å². The molecule has 0 aromatic heterocycles. The highest BCUT2D eigenvalue weighted by molar-refractivity contribution is 6.32. The number of carbonyl (C=O) groups is 7. The molecular formula is C67H66Cl2N10O17. The summed E-state index contributed by atoms with van der Waals surface area (Å²) in [5.74, 6) is -13.0. The first-order chi connectivity index (χ1) is 45.8. The van der Waals surface area contributed by atoms with Crippen LogP contribution in [0.2, 0.25) is 10.0 Å². The minimum absolute atomic E-state index is 0.0552. The highest BCUT2D eigenvalue weighted by Gasteiger charge is 2.41. The van der Waals surface area contributed by atoms with Gasteiger partial charge >= 0.3 is 0 Å². The Morgan fingerprint density at radius 1 is 0.521 bits per heavy atom. The number of phenolic OH excluding ortho intramolecular Hbond substituents is 6. The van der Waals surface area contributed by atoms with Crippen LogP contribution in [0.1, 0.15) is 81.7 Å². The van der Waals surface area contributed by atoms with E-state index < -0.39 is 136 Å². The SMILES string of the molecule is CN(C)CCCNC(=O)[C@H]1NC(=O)[C@H]2NC(=O)[C@H](NC(=O)[C@@H]3NC(=O)[C@H]4NC(=O)[C@@H](Cc5ccc(c(Cl)c5)Oc5cc3cc(c5O)Oc3ccc(cc3Cl)[C@H]2O)NC(=O)[C@@H](NCCN(C)C)c2ccc(O)c(c2)Oc2cc(O)cc4c2)c2ccc(O)c(c2)-c2c(O)cc(O)cc21. The number of benzene rings is 7. The smallest absolute Gasteiger partial charge is 0.248 e. The van der Waals surface area contributed by atoms with Crippen molar-refractivity contribution in [2.24, 2.45) is 0 Å². The van der Waals surface area contributed by atoms with Crippen molar-refractivity contribution in [3.05, 3.63) is 164 Å². The van der Waals surface area contributed by atoms with E-state index in [9.17, 15) is 45.3 Å². The number of rotatable bonds is 9. The fraction of sp³-hybridized carbons (Fsp3) is 0.269. The van der Waals surface area contributed by atoms with Crippen LogP contribution in [0.3, 0.4) is 0 Å². The van der Waals surface area contributed by atoms with Crippen LogP contribution in [0.25, 0.3) is 11.1 Å². The van der Waals surface area contributed by atoms with Crippen molar-refractivity contribution in [1.82, 2.24) is 52.3 Å². The molecule has 0 radical (unpaired) electrons. The lowest BCUT2D eigenvalue weighted by molar-refractivity contribution is -0.137. The number of nitrogens with one attached hydrogen (secondary N) is 8. The van der Waals surface area contributed by atoms with E-state index >= 15 is 24.0 Å². The molecule has 29 heteroatoms. The summed E-state index contributed by atoms with van der Waals surface area (Å²) in [5.41, 5.74) is -1.18. The molecule has 15 N–H and O–H groups in total. The third kappa shape index (κ3) is 14.4. The number of hydrogen-bond donors (Lipinski definition) is 15. The van der Waals surface area contributed by atoms with Gasteiger partial charge in [-0.2, -0.15) is 0 Å². The van der Waals surface area contributed by atoms with Gasteiger partial charge in [-0.15, -0.1) is 0 Å². The van der Waals surface area contributed by atoms with Crippen LogP contribution >= 0.6 is 23.2 Å². The van der Waals surface area contributed by atoms with Crippen molar-refractivity contribution in [2.45, 2.75) is 61.2 Å². The van der Waals surface area contributed by atoms with E-state index in [0.717, 1.165) is 48.5 Å². The molecule has 96 heavy (non-hydrogen) atoms. The average molecular weight is 1350 g/mol. The fourth-order valence-electron chi connectivity index (χ4n) is 11.6. The summed E-state index contributed by atoms with van der Waals surface area (Å²) in [4.78, 5) is 111. The van der Waals surface area contributed by atoms with Gasteiger partial charge in [-0.3, -0.25) is 33.6 Å². The zero-order valence-electron chi connectivity index (χ0n) is 51.7. The van der Waals surface area contributed by atoms with Crippen LogP contribution in [0.4, 0.5) is 0 Å². The Bertz CT molecular complexity index is 4290. The Morgan fingerprint density at radius 3 is 1.79 bits per heavy atom. The highest BCUT2D eigenvalue weighted by Crippen LogP contribution is 2.48.